The molecule has 0 atom stereocenters. The number of hydrogen-bond acceptors (Lipinski definition) is 1. The number of aromatic nitrogens is 2. The largest absolute Gasteiger partial charge is 0.360 e. The molecule has 0 unspecified atom stereocenters. The van der Waals surface area contributed by atoms with E-state index in [1.54, 1.807) is 0 Å². The summed E-state index contributed by atoms with van der Waals surface area (Å²) >= 11 is 0. The predicted octanol–water partition coefficient (Wildman–Crippen LogP) is 2.59. The van der Waals surface area contributed by atoms with Gasteiger partial charge >= 0.3 is 0 Å². The Hall–Kier alpha value is -1.77. The van der Waals surface area contributed by atoms with Gasteiger partial charge in [-0.25, -0.2) is 0 Å². The average molecular weight is 201 g/mol. The Bertz CT molecular complexity index is 373. The Kier molecular flexibility index (Phi) is 3.02. The van der Waals surface area contributed by atoms with Crippen LogP contribution >= 0.6 is 0 Å². The highest BCUT2D eigenvalue weighted by atomic mass is 14.8. The molecule has 0 saturated heterocycles. The molecular formula is C12H15N3. The van der Waals surface area contributed by atoms with Crippen LogP contribution in [-0.2, 0) is 0 Å². The maximum absolute atomic E-state index is 4.58. The first-order chi connectivity index (χ1) is 7.42. The highest BCUT2D eigenvalue weighted by Gasteiger charge is 2.07. The summed E-state index contributed by atoms with van der Waals surface area (Å²) in [6.45, 7) is 2.98. The van der Waals surface area contributed by atoms with Crippen molar-refractivity contribution >= 4 is 5.71 Å². The van der Waals surface area contributed by atoms with Gasteiger partial charge in [-0.3, -0.25) is 4.99 Å². The Labute approximate surface area is 89.3 Å². The fraction of sp³-hybridized carbons (Fsp3) is 0.250. The van der Waals surface area contributed by atoms with Gasteiger partial charge in [-0.1, -0.05) is 6.92 Å². The number of H-pyrrole nitrogens is 2. The van der Waals surface area contributed by atoms with Crippen molar-refractivity contribution in [3.8, 4) is 0 Å². The van der Waals surface area contributed by atoms with Crippen molar-refractivity contribution in [3.63, 3.8) is 0 Å². The zero-order chi connectivity index (χ0) is 10.5. The third-order valence-corrected chi connectivity index (χ3v) is 2.20. The van der Waals surface area contributed by atoms with E-state index in [4.69, 9.17) is 0 Å². The summed E-state index contributed by atoms with van der Waals surface area (Å²) < 4.78 is 0. The van der Waals surface area contributed by atoms with Crippen LogP contribution in [0.3, 0.4) is 0 Å². The molecule has 2 aromatic rings. The molecule has 0 aromatic carbocycles. The van der Waals surface area contributed by atoms with E-state index in [2.05, 4.69) is 21.9 Å². The molecule has 2 N–H and O–H groups in total. The molecule has 3 heteroatoms. The van der Waals surface area contributed by atoms with E-state index in [1.165, 1.54) is 0 Å². The Morgan fingerprint density at radius 2 is 1.73 bits per heavy atom. The molecule has 0 radical (unpaired) electrons. The zero-order valence-electron chi connectivity index (χ0n) is 8.83. The maximum atomic E-state index is 4.58. The number of rotatable bonds is 4. The van der Waals surface area contributed by atoms with Crippen LogP contribution in [0.4, 0.5) is 0 Å². The van der Waals surface area contributed by atoms with E-state index in [1.807, 2.05) is 36.7 Å². The molecule has 0 fully saturated rings. The number of nitrogens with zero attached hydrogens (tertiary/aromatic N) is 1. The summed E-state index contributed by atoms with van der Waals surface area (Å²) in [5.41, 5.74) is 3.13. The number of aromatic amines is 2. The topological polar surface area (TPSA) is 43.9 Å². The summed E-state index contributed by atoms with van der Waals surface area (Å²) in [6.07, 6.45) is 4.89. The summed E-state index contributed by atoms with van der Waals surface area (Å²) in [6, 6.07) is 8.05. The molecular weight excluding hydrogens is 186 g/mol. The number of hydrogen-bond donors (Lipinski definition) is 2. The molecule has 2 rings (SSSR count). The Morgan fingerprint density at radius 3 is 2.13 bits per heavy atom. The minimum Gasteiger partial charge on any atom is -0.360 e. The summed E-state index contributed by atoms with van der Waals surface area (Å²) in [4.78, 5) is 10.9. The van der Waals surface area contributed by atoms with Gasteiger partial charge in [-0.15, -0.1) is 0 Å². The quantitative estimate of drug-likeness (QED) is 0.714. The van der Waals surface area contributed by atoms with E-state index in [0.29, 0.717) is 0 Å². The molecule has 0 amide bonds. The van der Waals surface area contributed by atoms with Gasteiger partial charge in [0.05, 0.1) is 11.4 Å². The van der Waals surface area contributed by atoms with Gasteiger partial charge in [-0.05, 0) is 30.7 Å². The second-order valence-corrected chi connectivity index (χ2v) is 3.40. The second-order valence-electron chi connectivity index (χ2n) is 3.40. The molecule has 0 spiro atoms. The van der Waals surface area contributed by atoms with Crippen molar-refractivity contribution in [2.45, 2.75) is 13.3 Å². The maximum Gasteiger partial charge on any atom is 0.104 e. The van der Waals surface area contributed by atoms with Crippen LogP contribution in [0.15, 0.2) is 41.7 Å². The first kappa shape index (κ1) is 9.77. The van der Waals surface area contributed by atoms with Crippen LogP contribution in [0.1, 0.15) is 24.7 Å². The SMILES string of the molecule is CCCN=C(c1ccc[nH]1)c1ccc[nH]1. The van der Waals surface area contributed by atoms with Gasteiger partial charge in [0.15, 0.2) is 0 Å². The monoisotopic (exact) mass is 201 g/mol. The molecule has 0 aliphatic heterocycles. The van der Waals surface area contributed by atoms with E-state index in [0.717, 1.165) is 30.1 Å². The summed E-state index contributed by atoms with van der Waals surface area (Å²) in [5, 5.41) is 0. The van der Waals surface area contributed by atoms with Gasteiger partial charge in [0.25, 0.3) is 0 Å². The van der Waals surface area contributed by atoms with Gasteiger partial charge in [0.1, 0.15) is 5.71 Å². The van der Waals surface area contributed by atoms with Gasteiger partial charge in [0.2, 0.25) is 0 Å². The third kappa shape index (κ3) is 2.18. The van der Waals surface area contributed by atoms with Crippen LogP contribution in [0.25, 0.3) is 0 Å². The van der Waals surface area contributed by atoms with E-state index >= 15 is 0 Å². The molecule has 0 aliphatic carbocycles. The normalized spacial score (nSPS) is 10.2. The van der Waals surface area contributed by atoms with Crippen LogP contribution in [0, 0.1) is 0 Å². The van der Waals surface area contributed by atoms with Crippen molar-refractivity contribution in [3.05, 3.63) is 48.0 Å². The molecule has 0 aliphatic rings. The molecule has 15 heavy (non-hydrogen) atoms. The molecule has 78 valence electrons. The van der Waals surface area contributed by atoms with Crippen LogP contribution in [-0.4, -0.2) is 22.2 Å². The van der Waals surface area contributed by atoms with E-state index in [-0.39, 0.29) is 0 Å². The zero-order valence-corrected chi connectivity index (χ0v) is 8.83. The number of nitrogens with one attached hydrogen (secondary N) is 2. The lowest BCUT2D eigenvalue weighted by Gasteiger charge is -2.02. The van der Waals surface area contributed by atoms with Crippen LogP contribution < -0.4 is 0 Å². The minimum absolute atomic E-state index is 0.855. The van der Waals surface area contributed by atoms with Crippen LogP contribution in [0.5, 0.6) is 0 Å². The second kappa shape index (κ2) is 4.64. The average Bonchev–Trinajstić information content (AvgIpc) is 2.90. The highest BCUT2D eigenvalue weighted by Crippen LogP contribution is 2.07. The van der Waals surface area contributed by atoms with Gasteiger partial charge in [-0.2, -0.15) is 0 Å². The van der Waals surface area contributed by atoms with Crippen LogP contribution in [0.2, 0.25) is 0 Å². The minimum atomic E-state index is 0.855. The van der Waals surface area contributed by atoms with Crippen molar-refractivity contribution < 1.29 is 0 Å². The summed E-state index contributed by atoms with van der Waals surface area (Å²) in [5.74, 6) is 0. The van der Waals surface area contributed by atoms with E-state index in [9.17, 15) is 0 Å². The molecule has 2 aromatic heterocycles. The fourth-order valence-corrected chi connectivity index (χ4v) is 1.49. The van der Waals surface area contributed by atoms with Crippen molar-refractivity contribution in [2.75, 3.05) is 6.54 Å². The first-order valence-electron chi connectivity index (χ1n) is 5.23. The van der Waals surface area contributed by atoms with Crippen molar-refractivity contribution in [1.29, 1.82) is 0 Å². The Morgan fingerprint density at radius 1 is 1.13 bits per heavy atom. The van der Waals surface area contributed by atoms with Gasteiger partial charge in [0, 0.05) is 18.9 Å². The lowest BCUT2D eigenvalue weighted by molar-refractivity contribution is 0.931. The predicted molar refractivity (Wildman–Crippen MR) is 62.4 cm³/mol. The van der Waals surface area contributed by atoms with Crippen molar-refractivity contribution in [2.24, 2.45) is 4.99 Å². The standard InChI is InChI=1S/C12H15N3/c1-2-7-15-12(10-5-3-8-13-10)11-6-4-9-14-11/h3-6,8-9,13-14H,2,7H2,1H3. The first-order valence-corrected chi connectivity index (χ1v) is 5.23. The van der Waals surface area contributed by atoms with Crippen molar-refractivity contribution in [1.82, 2.24) is 9.97 Å². The summed E-state index contributed by atoms with van der Waals surface area (Å²) in [7, 11) is 0. The molecule has 2 heterocycles. The lowest BCUT2D eigenvalue weighted by Crippen LogP contribution is -2.05. The smallest absolute Gasteiger partial charge is 0.104 e. The molecule has 3 nitrogen and oxygen atoms in total. The molecule has 0 saturated carbocycles. The molecule has 0 bridgehead atoms. The van der Waals surface area contributed by atoms with Gasteiger partial charge < -0.3 is 9.97 Å². The highest BCUT2D eigenvalue weighted by molar-refractivity contribution is 6.10. The number of aliphatic imine (C=N–C) groups is 1. The lowest BCUT2D eigenvalue weighted by atomic mass is 10.2. The van der Waals surface area contributed by atoms with E-state index < -0.39 is 0 Å². The Balaban J connectivity index is 2.33. The fourth-order valence-electron chi connectivity index (χ4n) is 1.49. The third-order valence-electron chi connectivity index (χ3n) is 2.20.